The van der Waals surface area contributed by atoms with Gasteiger partial charge < -0.3 is 15.2 Å². The van der Waals surface area contributed by atoms with Crippen molar-refractivity contribution in [2.75, 3.05) is 6.61 Å². The van der Waals surface area contributed by atoms with Crippen LogP contribution in [0.3, 0.4) is 0 Å². The lowest BCUT2D eigenvalue weighted by molar-refractivity contribution is 0.157. The van der Waals surface area contributed by atoms with E-state index in [-0.39, 0.29) is 17.6 Å². The summed E-state index contributed by atoms with van der Waals surface area (Å²) in [7, 11) is 0. The Labute approximate surface area is 109 Å². The van der Waals surface area contributed by atoms with Crippen molar-refractivity contribution in [1.29, 1.82) is 0 Å². The molecule has 0 aromatic heterocycles. The minimum absolute atomic E-state index is 0.0761. The Morgan fingerprint density at radius 1 is 1.28 bits per heavy atom. The van der Waals surface area contributed by atoms with Crippen molar-refractivity contribution in [3.05, 3.63) is 24.3 Å². The lowest BCUT2D eigenvalue weighted by atomic mass is 9.88. The Kier molecular flexibility index (Phi) is 3.81. The number of rotatable bonds is 4. The van der Waals surface area contributed by atoms with Crippen LogP contribution in [0.4, 0.5) is 0 Å². The fourth-order valence-electron chi connectivity index (χ4n) is 2.48. The molecule has 18 heavy (non-hydrogen) atoms. The third kappa shape index (κ3) is 2.61. The van der Waals surface area contributed by atoms with E-state index in [1.165, 1.54) is 0 Å². The summed E-state index contributed by atoms with van der Waals surface area (Å²) < 4.78 is 11.6. The maximum absolute atomic E-state index is 6.26. The molecule has 2 rings (SSSR count). The molecule has 3 heteroatoms. The predicted molar refractivity (Wildman–Crippen MR) is 73.0 cm³/mol. The zero-order valence-corrected chi connectivity index (χ0v) is 11.5. The van der Waals surface area contributed by atoms with E-state index in [1.807, 2.05) is 31.2 Å². The Morgan fingerprint density at radius 3 is 2.50 bits per heavy atom. The quantitative estimate of drug-likeness (QED) is 0.892. The number of hydrogen-bond donors (Lipinski definition) is 1. The van der Waals surface area contributed by atoms with Crippen LogP contribution in [0.25, 0.3) is 0 Å². The molecule has 0 aliphatic heterocycles. The van der Waals surface area contributed by atoms with Crippen LogP contribution < -0.4 is 15.2 Å². The van der Waals surface area contributed by atoms with E-state index in [0.717, 1.165) is 24.3 Å². The molecule has 0 amide bonds. The molecular formula is C15H23NO2. The van der Waals surface area contributed by atoms with Crippen LogP contribution in [0.1, 0.15) is 33.6 Å². The van der Waals surface area contributed by atoms with Crippen molar-refractivity contribution in [3.8, 4) is 11.5 Å². The normalized spacial score (nSPS) is 26.0. The Hall–Kier alpha value is -1.22. The van der Waals surface area contributed by atoms with Crippen molar-refractivity contribution in [1.82, 2.24) is 0 Å². The van der Waals surface area contributed by atoms with Gasteiger partial charge in [0.15, 0.2) is 11.5 Å². The van der Waals surface area contributed by atoms with Gasteiger partial charge in [-0.25, -0.2) is 0 Å². The van der Waals surface area contributed by atoms with E-state index >= 15 is 0 Å². The second-order valence-corrected chi connectivity index (χ2v) is 5.59. The van der Waals surface area contributed by atoms with Crippen LogP contribution in [0, 0.1) is 5.41 Å². The first-order valence-corrected chi connectivity index (χ1v) is 6.68. The first-order chi connectivity index (χ1) is 8.54. The van der Waals surface area contributed by atoms with Gasteiger partial charge in [0.1, 0.15) is 6.10 Å². The smallest absolute Gasteiger partial charge is 0.161 e. The van der Waals surface area contributed by atoms with Crippen molar-refractivity contribution in [3.63, 3.8) is 0 Å². The van der Waals surface area contributed by atoms with Crippen LogP contribution in [0.5, 0.6) is 11.5 Å². The van der Waals surface area contributed by atoms with Gasteiger partial charge >= 0.3 is 0 Å². The fraction of sp³-hybridized carbons (Fsp3) is 0.600. The predicted octanol–water partition coefficient (Wildman–Crippen LogP) is 2.98. The molecule has 0 spiro atoms. The first-order valence-electron chi connectivity index (χ1n) is 6.68. The Balaban J connectivity index is 2.10. The summed E-state index contributed by atoms with van der Waals surface area (Å²) in [6, 6.07) is 7.88. The van der Waals surface area contributed by atoms with Crippen molar-refractivity contribution in [2.45, 2.75) is 45.8 Å². The summed E-state index contributed by atoms with van der Waals surface area (Å²) in [5.74, 6) is 1.61. The molecule has 2 unspecified atom stereocenters. The van der Waals surface area contributed by atoms with Gasteiger partial charge in [0.05, 0.1) is 6.61 Å². The highest BCUT2D eigenvalue weighted by Crippen LogP contribution is 2.39. The van der Waals surface area contributed by atoms with Crippen molar-refractivity contribution >= 4 is 0 Å². The zero-order valence-electron chi connectivity index (χ0n) is 11.5. The van der Waals surface area contributed by atoms with Crippen LogP contribution in [-0.2, 0) is 0 Å². The number of ether oxygens (including phenoxy) is 2. The van der Waals surface area contributed by atoms with Gasteiger partial charge in [0, 0.05) is 6.04 Å². The van der Waals surface area contributed by atoms with Gasteiger partial charge in [-0.1, -0.05) is 26.0 Å². The highest BCUT2D eigenvalue weighted by Gasteiger charge is 2.41. The van der Waals surface area contributed by atoms with E-state index < -0.39 is 0 Å². The number of nitrogens with two attached hydrogens (primary N) is 1. The summed E-state index contributed by atoms with van der Waals surface area (Å²) in [6.45, 7) is 7.02. The molecule has 1 saturated carbocycles. The molecule has 1 aliphatic carbocycles. The molecule has 2 N–H and O–H groups in total. The molecule has 0 radical (unpaired) electrons. The standard InChI is InChI=1S/C15H23NO2/c1-4-17-11-7-5-6-8-12(11)18-13-9-10-15(2,3)14(13)16/h5-8,13-14H,4,9-10,16H2,1-3H3. The van der Waals surface area contributed by atoms with Crippen molar-refractivity contribution < 1.29 is 9.47 Å². The summed E-state index contributed by atoms with van der Waals surface area (Å²) in [5.41, 5.74) is 6.42. The highest BCUT2D eigenvalue weighted by molar-refractivity contribution is 5.39. The monoisotopic (exact) mass is 249 g/mol. The lowest BCUT2D eigenvalue weighted by Crippen LogP contribution is -2.42. The largest absolute Gasteiger partial charge is 0.490 e. The first kappa shape index (κ1) is 13.2. The average Bonchev–Trinajstić information content (AvgIpc) is 2.59. The Morgan fingerprint density at radius 2 is 1.94 bits per heavy atom. The molecule has 0 bridgehead atoms. The van der Waals surface area contributed by atoms with Gasteiger partial charge in [-0.05, 0) is 37.3 Å². The third-order valence-electron chi connectivity index (χ3n) is 3.80. The summed E-state index contributed by atoms with van der Waals surface area (Å²) in [5, 5.41) is 0. The van der Waals surface area contributed by atoms with Crippen molar-refractivity contribution in [2.24, 2.45) is 11.1 Å². The molecule has 100 valence electrons. The maximum Gasteiger partial charge on any atom is 0.161 e. The molecule has 0 saturated heterocycles. The van der Waals surface area contributed by atoms with Crippen LogP contribution in [-0.4, -0.2) is 18.8 Å². The Bertz CT molecular complexity index is 403. The van der Waals surface area contributed by atoms with E-state index in [9.17, 15) is 0 Å². The average molecular weight is 249 g/mol. The van der Waals surface area contributed by atoms with Crippen LogP contribution in [0.2, 0.25) is 0 Å². The van der Waals surface area contributed by atoms with Gasteiger partial charge in [0.25, 0.3) is 0 Å². The second kappa shape index (κ2) is 5.19. The number of hydrogen-bond acceptors (Lipinski definition) is 3. The lowest BCUT2D eigenvalue weighted by Gasteiger charge is -2.27. The number of benzene rings is 1. The zero-order chi connectivity index (χ0) is 13.2. The molecule has 1 aromatic rings. The minimum Gasteiger partial charge on any atom is -0.490 e. The maximum atomic E-state index is 6.26. The molecular weight excluding hydrogens is 226 g/mol. The summed E-state index contributed by atoms with van der Waals surface area (Å²) in [4.78, 5) is 0. The van der Waals surface area contributed by atoms with Gasteiger partial charge in [-0.15, -0.1) is 0 Å². The molecule has 1 aromatic carbocycles. The van der Waals surface area contributed by atoms with E-state index in [0.29, 0.717) is 6.61 Å². The molecule has 2 atom stereocenters. The van der Waals surface area contributed by atoms with Gasteiger partial charge in [0.2, 0.25) is 0 Å². The van der Waals surface area contributed by atoms with Gasteiger partial charge in [-0.2, -0.15) is 0 Å². The minimum atomic E-state index is 0.0761. The van der Waals surface area contributed by atoms with E-state index in [4.69, 9.17) is 15.2 Å². The highest BCUT2D eigenvalue weighted by atomic mass is 16.5. The third-order valence-corrected chi connectivity index (χ3v) is 3.80. The van der Waals surface area contributed by atoms with E-state index in [2.05, 4.69) is 13.8 Å². The molecule has 3 nitrogen and oxygen atoms in total. The number of para-hydroxylation sites is 2. The fourth-order valence-corrected chi connectivity index (χ4v) is 2.48. The van der Waals surface area contributed by atoms with Gasteiger partial charge in [-0.3, -0.25) is 0 Å². The SMILES string of the molecule is CCOc1ccccc1OC1CCC(C)(C)C1N. The molecule has 0 heterocycles. The second-order valence-electron chi connectivity index (χ2n) is 5.59. The van der Waals surface area contributed by atoms with E-state index in [1.54, 1.807) is 0 Å². The van der Waals surface area contributed by atoms with Crippen LogP contribution >= 0.6 is 0 Å². The molecule has 1 aliphatic rings. The molecule has 1 fully saturated rings. The summed E-state index contributed by atoms with van der Waals surface area (Å²) in [6.07, 6.45) is 2.20. The topological polar surface area (TPSA) is 44.5 Å². The van der Waals surface area contributed by atoms with Crippen LogP contribution in [0.15, 0.2) is 24.3 Å². The summed E-state index contributed by atoms with van der Waals surface area (Å²) >= 11 is 0.